The summed E-state index contributed by atoms with van der Waals surface area (Å²) in [5.41, 5.74) is 1.06. The van der Waals surface area contributed by atoms with E-state index in [9.17, 15) is 0 Å². The van der Waals surface area contributed by atoms with Crippen LogP contribution in [0.5, 0.6) is 0 Å². The molecule has 1 unspecified atom stereocenters. The molecule has 2 fully saturated rings. The van der Waals surface area contributed by atoms with Crippen LogP contribution in [0, 0.1) is 11.8 Å². The molecule has 2 saturated carbocycles. The van der Waals surface area contributed by atoms with Crippen LogP contribution in [0.4, 0.5) is 0 Å². The highest BCUT2D eigenvalue weighted by molar-refractivity contribution is 5.53. The van der Waals surface area contributed by atoms with Gasteiger partial charge in [0.15, 0.2) is 5.82 Å². The van der Waals surface area contributed by atoms with Crippen molar-refractivity contribution in [3.8, 4) is 11.4 Å². The number of nitrogens with zero attached hydrogens (tertiary/aromatic N) is 2. The zero-order valence-corrected chi connectivity index (χ0v) is 11.5. The number of benzene rings is 1. The topological polar surface area (TPSA) is 53.6 Å². The Morgan fingerprint density at radius 3 is 3.00 bits per heavy atom. The lowest BCUT2D eigenvalue weighted by Crippen LogP contribution is -2.33. The van der Waals surface area contributed by atoms with Crippen molar-refractivity contribution >= 4 is 0 Å². The molecule has 1 aromatic carbocycles. The number of H-pyrrole nitrogens is 1. The van der Waals surface area contributed by atoms with Crippen LogP contribution < -0.4 is 5.32 Å². The van der Waals surface area contributed by atoms with Gasteiger partial charge in [0.05, 0.1) is 6.54 Å². The molecule has 0 radical (unpaired) electrons. The highest BCUT2D eigenvalue weighted by atomic mass is 15.2. The molecule has 0 aliphatic heterocycles. The molecule has 104 valence electrons. The van der Waals surface area contributed by atoms with E-state index >= 15 is 0 Å². The summed E-state index contributed by atoms with van der Waals surface area (Å²) in [6.07, 6.45) is 5.58. The average Bonchev–Trinajstić information content (AvgIpc) is 3.15. The number of hydrogen-bond donors (Lipinski definition) is 2. The monoisotopic (exact) mass is 268 g/mol. The third-order valence-corrected chi connectivity index (χ3v) is 4.68. The van der Waals surface area contributed by atoms with Crippen molar-refractivity contribution in [2.45, 2.75) is 38.3 Å². The minimum absolute atomic E-state index is 0.694. The lowest BCUT2D eigenvalue weighted by Gasteiger charge is -2.22. The molecule has 4 nitrogen and oxygen atoms in total. The zero-order chi connectivity index (χ0) is 13.4. The molecule has 20 heavy (non-hydrogen) atoms. The predicted octanol–water partition coefficient (Wildman–Crippen LogP) is 2.75. The SMILES string of the molecule is c1ccc(-c2n[nH]c(CNC3CCC[C@@H]4C[C@H]34)n2)cc1. The van der Waals surface area contributed by atoms with Crippen LogP contribution in [0.25, 0.3) is 11.4 Å². The Bertz CT molecular complexity index is 577. The first-order chi connectivity index (χ1) is 9.90. The van der Waals surface area contributed by atoms with Gasteiger partial charge in [-0.3, -0.25) is 5.10 Å². The lowest BCUT2D eigenvalue weighted by atomic mass is 9.95. The van der Waals surface area contributed by atoms with Gasteiger partial charge >= 0.3 is 0 Å². The van der Waals surface area contributed by atoms with Crippen LogP contribution in [0.3, 0.4) is 0 Å². The highest BCUT2D eigenvalue weighted by Gasteiger charge is 2.44. The van der Waals surface area contributed by atoms with Crippen molar-refractivity contribution in [1.82, 2.24) is 20.5 Å². The van der Waals surface area contributed by atoms with Gasteiger partial charge in [-0.2, -0.15) is 5.10 Å². The summed E-state index contributed by atoms with van der Waals surface area (Å²) in [6.45, 7) is 0.799. The summed E-state index contributed by atoms with van der Waals surface area (Å²) in [4.78, 5) is 4.57. The Balaban J connectivity index is 1.39. The van der Waals surface area contributed by atoms with E-state index < -0.39 is 0 Å². The minimum Gasteiger partial charge on any atom is -0.307 e. The van der Waals surface area contributed by atoms with Crippen molar-refractivity contribution in [1.29, 1.82) is 0 Å². The number of aromatic nitrogens is 3. The Labute approximate surface area is 119 Å². The van der Waals surface area contributed by atoms with Gasteiger partial charge in [-0.05, 0) is 24.7 Å². The second kappa shape index (κ2) is 5.02. The third-order valence-electron chi connectivity index (χ3n) is 4.68. The van der Waals surface area contributed by atoms with Crippen LogP contribution in [0.1, 0.15) is 31.5 Å². The molecule has 3 atom stereocenters. The summed E-state index contributed by atoms with van der Waals surface area (Å²) in [7, 11) is 0. The van der Waals surface area contributed by atoms with Crippen LogP contribution in [0.15, 0.2) is 30.3 Å². The standard InChI is InChI=1S/C16H20N4/c1-2-5-11(6-3-1)16-18-15(19-20-16)10-17-14-8-4-7-12-9-13(12)14/h1-3,5-6,12-14,17H,4,7-10H2,(H,18,19,20)/t12-,13+,14?/m1/s1. The first-order valence-corrected chi connectivity index (χ1v) is 7.60. The average molecular weight is 268 g/mol. The fourth-order valence-corrected chi connectivity index (χ4v) is 3.48. The van der Waals surface area contributed by atoms with E-state index in [1.54, 1.807) is 0 Å². The van der Waals surface area contributed by atoms with E-state index in [2.05, 4.69) is 20.5 Å². The Morgan fingerprint density at radius 1 is 1.20 bits per heavy atom. The van der Waals surface area contributed by atoms with Crippen LogP contribution in [-0.2, 0) is 6.54 Å². The maximum absolute atomic E-state index is 4.57. The molecule has 0 spiro atoms. The van der Waals surface area contributed by atoms with Crippen molar-refractivity contribution in [3.05, 3.63) is 36.2 Å². The van der Waals surface area contributed by atoms with Crippen molar-refractivity contribution in [3.63, 3.8) is 0 Å². The van der Waals surface area contributed by atoms with Crippen molar-refractivity contribution < 1.29 is 0 Å². The molecule has 2 aliphatic carbocycles. The molecule has 0 bridgehead atoms. The van der Waals surface area contributed by atoms with Gasteiger partial charge in [-0.15, -0.1) is 0 Å². The molecule has 1 heterocycles. The summed E-state index contributed by atoms with van der Waals surface area (Å²) < 4.78 is 0. The van der Waals surface area contributed by atoms with Crippen LogP contribution in [-0.4, -0.2) is 21.2 Å². The lowest BCUT2D eigenvalue weighted by molar-refractivity contribution is 0.350. The summed E-state index contributed by atoms with van der Waals surface area (Å²) in [5, 5.41) is 11.0. The summed E-state index contributed by atoms with van der Waals surface area (Å²) in [6, 6.07) is 10.8. The van der Waals surface area contributed by atoms with Crippen molar-refractivity contribution in [2.75, 3.05) is 0 Å². The van der Waals surface area contributed by atoms with Gasteiger partial charge in [-0.1, -0.05) is 43.2 Å². The van der Waals surface area contributed by atoms with Gasteiger partial charge in [0.25, 0.3) is 0 Å². The Morgan fingerprint density at radius 2 is 2.10 bits per heavy atom. The predicted molar refractivity (Wildman–Crippen MR) is 77.9 cm³/mol. The van der Waals surface area contributed by atoms with Gasteiger partial charge in [0, 0.05) is 11.6 Å². The first-order valence-electron chi connectivity index (χ1n) is 7.60. The van der Waals surface area contributed by atoms with Gasteiger partial charge in [0.2, 0.25) is 0 Å². The fraction of sp³-hybridized carbons (Fsp3) is 0.500. The number of nitrogens with one attached hydrogen (secondary N) is 2. The van der Waals surface area contributed by atoms with E-state index in [-0.39, 0.29) is 0 Å². The molecule has 4 heteroatoms. The molecular weight excluding hydrogens is 248 g/mol. The normalized spacial score (nSPS) is 28.1. The Kier molecular flexibility index (Phi) is 3.03. The number of rotatable bonds is 4. The van der Waals surface area contributed by atoms with E-state index in [1.165, 1.54) is 25.7 Å². The first kappa shape index (κ1) is 12.1. The van der Waals surface area contributed by atoms with Gasteiger partial charge < -0.3 is 5.32 Å². The van der Waals surface area contributed by atoms with Crippen LogP contribution >= 0.6 is 0 Å². The number of fused-ring (bicyclic) bond motifs is 1. The second-order valence-corrected chi connectivity index (χ2v) is 6.05. The summed E-state index contributed by atoms with van der Waals surface area (Å²) in [5.74, 6) is 3.66. The molecular formula is C16H20N4. The molecule has 0 saturated heterocycles. The molecule has 2 N–H and O–H groups in total. The smallest absolute Gasteiger partial charge is 0.181 e. The third kappa shape index (κ3) is 2.36. The summed E-state index contributed by atoms with van der Waals surface area (Å²) >= 11 is 0. The van der Waals surface area contributed by atoms with Gasteiger partial charge in [-0.25, -0.2) is 4.98 Å². The molecule has 4 rings (SSSR count). The molecule has 1 aromatic heterocycles. The second-order valence-electron chi connectivity index (χ2n) is 6.05. The molecule has 0 amide bonds. The van der Waals surface area contributed by atoms with Gasteiger partial charge in [0.1, 0.15) is 5.82 Å². The fourth-order valence-electron chi connectivity index (χ4n) is 3.48. The van der Waals surface area contributed by atoms with Crippen molar-refractivity contribution in [2.24, 2.45) is 11.8 Å². The minimum atomic E-state index is 0.694. The number of aromatic amines is 1. The van der Waals surface area contributed by atoms with E-state index in [4.69, 9.17) is 0 Å². The largest absolute Gasteiger partial charge is 0.307 e. The maximum atomic E-state index is 4.57. The van der Waals surface area contributed by atoms with E-state index in [0.29, 0.717) is 6.04 Å². The number of hydrogen-bond acceptors (Lipinski definition) is 3. The van der Waals surface area contributed by atoms with E-state index in [1.807, 2.05) is 30.3 Å². The quantitative estimate of drug-likeness (QED) is 0.896. The van der Waals surface area contributed by atoms with E-state index in [0.717, 1.165) is 35.6 Å². The molecule has 2 aromatic rings. The Hall–Kier alpha value is -1.68. The molecule has 2 aliphatic rings. The van der Waals surface area contributed by atoms with Crippen LogP contribution in [0.2, 0.25) is 0 Å². The highest BCUT2D eigenvalue weighted by Crippen LogP contribution is 2.49. The zero-order valence-electron chi connectivity index (χ0n) is 11.5. The maximum Gasteiger partial charge on any atom is 0.181 e.